The number of halogens is 1. The maximum Gasteiger partial charge on any atom is 0.269 e. The molecular formula is C9H10BrNO3. The molecule has 1 unspecified atom stereocenters. The number of nitro groups is 1. The van der Waals surface area contributed by atoms with E-state index in [1.807, 2.05) is 0 Å². The fourth-order valence-electron chi connectivity index (χ4n) is 1.02. The van der Waals surface area contributed by atoms with Crippen molar-refractivity contribution in [3.05, 3.63) is 39.9 Å². The number of hydrogen-bond donors (Lipinski definition) is 1. The third-order valence-electron chi connectivity index (χ3n) is 1.96. The van der Waals surface area contributed by atoms with Gasteiger partial charge in [0.1, 0.15) is 0 Å². The van der Waals surface area contributed by atoms with Crippen molar-refractivity contribution < 1.29 is 10.0 Å². The third kappa shape index (κ3) is 2.30. The highest BCUT2D eigenvalue weighted by Gasteiger charge is 2.21. The second-order valence-corrected chi connectivity index (χ2v) is 3.77. The lowest BCUT2D eigenvalue weighted by atomic mass is 9.98. The summed E-state index contributed by atoms with van der Waals surface area (Å²) < 4.78 is 0. The zero-order chi connectivity index (χ0) is 10.8. The monoisotopic (exact) mass is 259 g/mol. The highest BCUT2D eigenvalue weighted by molar-refractivity contribution is 9.09. The van der Waals surface area contributed by atoms with E-state index >= 15 is 0 Å². The molecule has 0 saturated carbocycles. The van der Waals surface area contributed by atoms with Crippen LogP contribution in [0.4, 0.5) is 5.69 Å². The quantitative estimate of drug-likeness (QED) is 0.514. The molecule has 1 N–H and O–H groups in total. The molecule has 0 aliphatic carbocycles. The second-order valence-electron chi connectivity index (χ2n) is 3.21. The molecule has 76 valence electrons. The van der Waals surface area contributed by atoms with Crippen LogP contribution < -0.4 is 0 Å². The molecule has 0 aliphatic rings. The summed E-state index contributed by atoms with van der Waals surface area (Å²) in [6, 6.07) is 5.87. The van der Waals surface area contributed by atoms with Gasteiger partial charge in [0.25, 0.3) is 5.69 Å². The van der Waals surface area contributed by atoms with Crippen LogP contribution in [0.5, 0.6) is 0 Å². The van der Waals surface area contributed by atoms with Crippen LogP contribution in [-0.2, 0) is 5.60 Å². The second kappa shape index (κ2) is 4.06. The van der Waals surface area contributed by atoms with Crippen molar-refractivity contribution in [2.45, 2.75) is 12.5 Å². The summed E-state index contributed by atoms with van der Waals surface area (Å²) in [5.41, 5.74) is -0.311. The van der Waals surface area contributed by atoms with Gasteiger partial charge in [-0.1, -0.05) is 15.9 Å². The molecule has 1 aromatic rings. The summed E-state index contributed by atoms with van der Waals surface area (Å²) >= 11 is 3.17. The zero-order valence-corrected chi connectivity index (χ0v) is 9.19. The van der Waals surface area contributed by atoms with Crippen LogP contribution in [0, 0.1) is 10.1 Å². The van der Waals surface area contributed by atoms with E-state index in [4.69, 9.17) is 0 Å². The number of alkyl halides is 1. The van der Waals surface area contributed by atoms with Gasteiger partial charge in [-0.3, -0.25) is 10.1 Å². The highest BCUT2D eigenvalue weighted by Crippen LogP contribution is 2.24. The maximum absolute atomic E-state index is 10.4. The van der Waals surface area contributed by atoms with Gasteiger partial charge in [0.05, 0.1) is 10.5 Å². The SMILES string of the molecule is CC(O)(CBr)c1ccc([N+](=O)[O-])cc1. The number of nitro benzene ring substituents is 1. The molecule has 0 fully saturated rings. The Morgan fingerprint density at radius 3 is 2.36 bits per heavy atom. The molecule has 1 atom stereocenters. The largest absolute Gasteiger partial charge is 0.385 e. The van der Waals surface area contributed by atoms with E-state index in [0.29, 0.717) is 10.9 Å². The Hall–Kier alpha value is -0.940. The lowest BCUT2D eigenvalue weighted by Gasteiger charge is -2.20. The minimum absolute atomic E-state index is 0.0270. The minimum atomic E-state index is -0.991. The molecule has 5 heteroatoms. The molecule has 1 aromatic carbocycles. The summed E-state index contributed by atoms with van der Waals surface area (Å²) in [5.74, 6) is 0. The number of nitrogens with zero attached hydrogens (tertiary/aromatic N) is 1. The van der Waals surface area contributed by atoms with Gasteiger partial charge in [0.15, 0.2) is 0 Å². The Labute approximate surface area is 89.8 Å². The normalized spacial score (nSPS) is 14.8. The van der Waals surface area contributed by atoms with Crippen LogP contribution in [0.15, 0.2) is 24.3 Å². The molecule has 0 heterocycles. The first-order valence-corrected chi connectivity index (χ1v) is 5.13. The number of rotatable bonds is 3. The van der Waals surface area contributed by atoms with Crippen LogP contribution >= 0.6 is 15.9 Å². The van der Waals surface area contributed by atoms with Gasteiger partial charge < -0.3 is 5.11 Å². The van der Waals surface area contributed by atoms with Crippen molar-refractivity contribution in [2.75, 3.05) is 5.33 Å². The van der Waals surface area contributed by atoms with Crippen molar-refractivity contribution in [1.82, 2.24) is 0 Å². The molecule has 0 spiro atoms. The van der Waals surface area contributed by atoms with Gasteiger partial charge in [-0.15, -0.1) is 0 Å². The van der Waals surface area contributed by atoms with E-state index in [0.717, 1.165) is 0 Å². The summed E-state index contributed by atoms with van der Waals surface area (Å²) in [5, 5.41) is 20.6. The first kappa shape index (κ1) is 11.1. The standard InChI is InChI=1S/C9H10BrNO3/c1-9(12,6-10)7-2-4-8(5-3-7)11(13)14/h2-5,12H,6H2,1H3. The van der Waals surface area contributed by atoms with E-state index in [1.54, 1.807) is 19.1 Å². The van der Waals surface area contributed by atoms with E-state index in [1.165, 1.54) is 12.1 Å². The van der Waals surface area contributed by atoms with Crippen molar-refractivity contribution in [1.29, 1.82) is 0 Å². The molecule has 1 rings (SSSR count). The molecule has 0 saturated heterocycles. The minimum Gasteiger partial charge on any atom is -0.385 e. The lowest BCUT2D eigenvalue weighted by molar-refractivity contribution is -0.384. The number of aliphatic hydroxyl groups is 1. The first-order chi connectivity index (χ1) is 6.47. The molecule has 0 aromatic heterocycles. The average Bonchev–Trinajstić information content (AvgIpc) is 2.18. The van der Waals surface area contributed by atoms with Gasteiger partial charge in [-0.25, -0.2) is 0 Å². The first-order valence-electron chi connectivity index (χ1n) is 4.00. The number of benzene rings is 1. The Kier molecular flexibility index (Phi) is 3.23. The summed E-state index contributed by atoms with van der Waals surface area (Å²) in [6.07, 6.45) is 0. The molecule has 0 bridgehead atoms. The van der Waals surface area contributed by atoms with E-state index in [-0.39, 0.29) is 5.69 Å². The Morgan fingerprint density at radius 2 is 2.00 bits per heavy atom. The van der Waals surface area contributed by atoms with Crippen molar-refractivity contribution in [3.8, 4) is 0 Å². The molecular weight excluding hydrogens is 250 g/mol. The van der Waals surface area contributed by atoms with Crippen molar-refractivity contribution >= 4 is 21.6 Å². The lowest BCUT2D eigenvalue weighted by Crippen LogP contribution is -2.22. The predicted octanol–water partition coefficient (Wildman–Crippen LogP) is 2.20. The van der Waals surface area contributed by atoms with Crippen LogP contribution in [0.2, 0.25) is 0 Å². The van der Waals surface area contributed by atoms with Gasteiger partial charge in [-0.05, 0) is 24.6 Å². The molecule has 4 nitrogen and oxygen atoms in total. The third-order valence-corrected chi connectivity index (χ3v) is 3.05. The zero-order valence-electron chi connectivity index (χ0n) is 7.61. The maximum atomic E-state index is 10.4. The number of non-ortho nitro benzene ring substituents is 1. The van der Waals surface area contributed by atoms with Crippen molar-refractivity contribution in [2.24, 2.45) is 0 Å². The van der Waals surface area contributed by atoms with Gasteiger partial charge in [0.2, 0.25) is 0 Å². The predicted molar refractivity (Wildman–Crippen MR) is 56.5 cm³/mol. The molecule has 0 aliphatic heterocycles. The fourth-order valence-corrected chi connectivity index (χ4v) is 1.34. The number of hydrogen-bond acceptors (Lipinski definition) is 3. The fraction of sp³-hybridized carbons (Fsp3) is 0.333. The van der Waals surface area contributed by atoms with E-state index in [9.17, 15) is 15.2 Å². The van der Waals surface area contributed by atoms with Gasteiger partial charge in [-0.2, -0.15) is 0 Å². The average molecular weight is 260 g/mol. The smallest absolute Gasteiger partial charge is 0.269 e. The van der Waals surface area contributed by atoms with Crippen molar-refractivity contribution in [3.63, 3.8) is 0 Å². The van der Waals surface area contributed by atoms with Gasteiger partial charge in [0, 0.05) is 17.5 Å². The van der Waals surface area contributed by atoms with Gasteiger partial charge >= 0.3 is 0 Å². The van der Waals surface area contributed by atoms with Crippen LogP contribution in [0.3, 0.4) is 0 Å². The Morgan fingerprint density at radius 1 is 1.50 bits per heavy atom. The molecule has 0 amide bonds. The van der Waals surface area contributed by atoms with Crippen LogP contribution in [0.25, 0.3) is 0 Å². The van der Waals surface area contributed by atoms with E-state index in [2.05, 4.69) is 15.9 Å². The van der Waals surface area contributed by atoms with Crippen LogP contribution in [-0.4, -0.2) is 15.4 Å². The topological polar surface area (TPSA) is 63.4 Å². The van der Waals surface area contributed by atoms with Crippen LogP contribution in [0.1, 0.15) is 12.5 Å². The Bertz CT molecular complexity index is 334. The molecule has 14 heavy (non-hydrogen) atoms. The summed E-state index contributed by atoms with van der Waals surface area (Å²) in [6.45, 7) is 1.64. The molecule has 0 radical (unpaired) electrons. The summed E-state index contributed by atoms with van der Waals surface area (Å²) in [4.78, 5) is 9.90. The Balaban J connectivity index is 2.99. The van der Waals surface area contributed by atoms with E-state index < -0.39 is 10.5 Å². The highest BCUT2D eigenvalue weighted by atomic mass is 79.9. The summed E-state index contributed by atoms with van der Waals surface area (Å²) in [7, 11) is 0.